The Morgan fingerprint density at radius 2 is 1.75 bits per heavy atom. The van der Waals surface area contributed by atoms with E-state index in [4.69, 9.17) is 0 Å². The minimum Gasteiger partial charge on any atom is -0.370 e. The second-order valence-corrected chi connectivity index (χ2v) is 13.0. The Kier molecular flexibility index (Phi) is 9.78. The van der Waals surface area contributed by atoms with Gasteiger partial charge in [-0.25, -0.2) is 8.42 Å². The van der Waals surface area contributed by atoms with Crippen molar-refractivity contribution in [3.05, 3.63) is 95.7 Å². The van der Waals surface area contributed by atoms with Crippen molar-refractivity contribution < 1.29 is 21.6 Å². The van der Waals surface area contributed by atoms with E-state index in [2.05, 4.69) is 34.1 Å². The highest BCUT2D eigenvalue weighted by Gasteiger charge is 2.26. The van der Waals surface area contributed by atoms with Gasteiger partial charge in [0.2, 0.25) is 16.2 Å². The van der Waals surface area contributed by atoms with Crippen LogP contribution in [0.3, 0.4) is 0 Å². The van der Waals surface area contributed by atoms with E-state index in [-0.39, 0.29) is 15.7 Å². The predicted octanol–water partition coefficient (Wildman–Crippen LogP) is 2.69. The Labute approximate surface area is 238 Å². The summed E-state index contributed by atoms with van der Waals surface area (Å²) in [7, 11) is -4.24. The van der Waals surface area contributed by atoms with Crippen molar-refractivity contribution in [3.63, 3.8) is 0 Å². The zero-order chi connectivity index (χ0) is 28.7. The molecule has 1 aliphatic heterocycles. The fraction of sp³-hybridized carbons (Fsp3) is 0.333. The van der Waals surface area contributed by atoms with Crippen molar-refractivity contribution in [2.45, 2.75) is 23.8 Å². The molecule has 4 rings (SSSR count). The first kappa shape index (κ1) is 29.5. The van der Waals surface area contributed by atoms with Gasteiger partial charge in [-0.15, -0.1) is 0 Å². The van der Waals surface area contributed by atoms with Gasteiger partial charge < -0.3 is 14.7 Å². The third kappa shape index (κ3) is 7.80. The van der Waals surface area contributed by atoms with Crippen LogP contribution in [0.1, 0.15) is 17.5 Å². The molecule has 212 valence electrons. The second-order valence-electron chi connectivity index (χ2n) is 10.1. The zero-order valence-electron chi connectivity index (χ0n) is 22.8. The van der Waals surface area contributed by atoms with Gasteiger partial charge >= 0.3 is 0 Å². The van der Waals surface area contributed by atoms with Gasteiger partial charge in [-0.05, 0) is 60.9 Å². The molecule has 1 saturated heterocycles. The number of rotatable bonds is 8. The number of carbonyl (C=O) groups is 1. The molecule has 1 amide bonds. The van der Waals surface area contributed by atoms with E-state index < -0.39 is 26.2 Å². The number of hydrogen-bond donors (Lipinski definition) is 0. The molecular weight excluding hydrogens is 546 g/mol. The van der Waals surface area contributed by atoms with E-state index in [1.807, 2.05) is 12.1 Å². The monoisotopic (exact) mass is 581 g/mol. The molecule has 0 saturated carbocycles. The standard InChI is InChI=1S/C30H35N3O5S2/c1-31(30(34)16-11-25-9-13-27(14-10-25)40(2,37)38)28-15-12-26(23-29(28)39(35)36)33-19-6-18-32(21-22-33)20-17-24-7-4-3-5-8-24/h3-5,7-16,23,28H,6,17-22H2,1-2H3. The highest BCUT2D eigenvalue weighted by atomic mass is 32.2. The Hall–Kier alpha value is -3.47. The molecule has 0 bridgehead atoms. The Balaban J connectivity index is 1.38. The summed E-state index contributed by atoms with van der Waals surface area (Å²) < 4.78 is 47.7. The van der Waals surface area contributed by atoms with Gasteiger partial charge in [0.05, 0.1) is 10.9 Å². The van der Waals surface area contributed by atoms with Gasteiger partial charge in [-0.3, -0.25) is 4.79 Å². The average molecular weight is 582 g/mol. The maximum absolute atomic E-state index is 12.9. The van der Waals surface area contributed by atoms with Gasteiger partial charge in [0, 0.05) is 51.3 Å². The summed E-state index contributed by atoms with van der Waals surface area (Å²) in [4.78, 5) is 19.3. The molecule has 40 heavy (non-hydrogen) atoms. The highest BCUT2D eigenvalue weighted by Crippen LogP contribution is 2.19. The van der Waals surface area contributed by atoms with Crippen LogP contribution in [-0.4, -0.2) is 94.4 Å². The number of hydrogen-bond acceptors (Lipinski definition) is 7. The SMILES string of the molecule is CN(C(=O)C=Cc1ccc(S(C)(=O)=O)cc1)C1C=CC(N2CCCN(CCc3ccccc3)CC2)=CC1=S(=O)=O. The van der Waals surface area contributed by atoms with Gasteiger partial charge in [0.15, 0.2) is 9.84 Å². The van der Waals surface area contributed by atoms with E-state index in [1.165, 1.54) is 28.7 Å². The van der Waals surface area contributed by atoms with Crippen LogP contribution in [0, 0.1) is 0 Å². The molecule has 1 aliphatic carbocycles. The summed E-state index contributed by atoms with van der Waals surface area (Å²) in [5.74, 6) is -0.370. The number of allylic oxidation sites excluding steroid dienone is 1. The first-order valence-corrected chi connectivity index (χ1v) is 16.2. The molecule has 2 aromatic carbocycles. The average Bonchev–Trinajstić information content (AvgIpc) is 3.20. The lowest BCUT2D eigenvalue weighted by molar-refractivity contribution is -0.125. The lowest BCUT2D eigenvalue weighted by atomic mass is 10.0. The summed E-state index contributed by atoms with van der Waals surface area (Å²) in [6, 6.07) is 15.9. The van der Waals surface area contributed by atoms with Crippen LogP contribution in [0.2, 0.25) is 0 Å². The Bertz CT molecular complexity index is 1540. The van der Waals surface area contributed by atoms with Crippen LogP contribution < -0.4 is 0 Å². The smallest absolute Gasteiger partial charge is 0.247 e. The van der Waals surface area contributed by atoms with E-state index in [1.54, 1.807) is 37.4 Å². The van der Waals surface area contributed by atoms with E-state index in [0.717, 1.165) is 57.5 Å². The van der Waals surface area contributed by atoms with Crippen LogP contribution in [0.15, 0.2) is 89.5 Å². The van der Waals surface area contributed by atoms with Crippen molar-refractivity contribution in [1.82, 2.24) is 14.7 Å². The van der Waals surface area contributed by atoms with Gasteiger partial charge in [0.1, 0.15) is 4.86 Å². The molecule has 1 atom stereocenters. The summed E-state index contributed by atoms with van der Waals surface area (Å²) >= 11 is 0. The lowest BCUT2D eigenvalue weighted by Crippen LogP contribution is -2.42. The fourth-order valence-corrected chi connectivity index (χ4v) is 6.14. The minimum atomic E-state index is -3.30. The molecular formula is C30H35N3O5S2. The molecule has 0 N–H and O–H groups in total. The molecule has 1 heterocycles. The summed E-state index contributed by atoms with van der Waals surface area (Å²) in [5, 5.41) is 0. The molecule has 1 unspecified atom stereocenters. The van der Waals surface area contributed by atoms with Crippen LogP contribution in [0.4, 0.5) is 0 Å². The zero-order valence-corrected chi connectivity index (χ0v) is 24.4. The molecule has 2 aliphatic rings. The maximum atomic E-state index is 12.9. The summed E-state index contributed by atoms with van der Waals surface area (Å²) in [6.07, 6.45) is 11.4. The molecule has 1 fully saturated rings. The largest absolute Gasteiger partial charge is 0.370 e. The first-order chi connectivity index (χ1) is 19.1. The topological polar surface area (TPSA) is 95.1 Å². The normalized spacial score (nSPS) is 18.4. The highest BCUT2D eigenvalue weighted by molar-refractivity contribution is 7.90. The van der Waals surface area contributed by atoms with Crippen LogP contribution in [0.5, 0.6) is 0 Å². The Morgan fingerprint density at radius 1 is 1.02 bits per heavy atom. The summed E-state index contributed by atoms with van der Waals surface area (Å²) in [5.41, 5.74) is 2.82. The van der Waals surface area contributed by atoms with Gasteiger partial charge in [0.25, 0.3) is 0 Å². The van der Waals surface area contributed by atoms with Crippen molar-refractivity contribution in [2.24, 2.45) is 0 Å². The molecule has 0 spiro atoms. The van der Waals surface area contributed by atoms with Crippen LogP contribution in [-0.2, 0) is 31.3 Å². The predicted molar refractivity (Wildman–Crippen MR) is 159 cm³/mol. The Morgan fingerprint density at radius 3 is 2.42 bits per heavy atom. The van der Waals surface area contributed by atoms with Crippen molar-refractivity contribution in [2.75, 3.05) is 46.0 Å². The van der Waals surface area contributed by atoms with Crippen molar-refractivity contribution >= 4 is 37.0 Å². The quantitative estimate of drug-likeness (QED) is 0.350. The number of carbonyl (C=O) groups excluding carboxylic acids is 1. The molecule has 2 aromatic rings. The third-order valence-corrected chi connectivity index (χ3v) is 9.10. The second kappa shape index (κ2) is 13.3. The molecule has 8 nitrogen and oxygen atoms in total. The summed E-state index contributed by atoms with van der Waals surface area (Å²) in [6.45, 7) is 4.50. The number of benzene rings is 2. The first-order valence-electron chi connectivity index (χ1n) is 13.2. The van der Waals surface area contributed by atoms with Crippen LogP contribution >= 0.6 is 0 Å². The number of nitrogens with zero attached hydrogens (tertiary/aromatic N) is 3. The van der Waals surface area contributed by atoms with E-state index in [9.17, 15) is 21.6 Å². The van der Waals surface area contributed by atoms with Crippen LogP contribution in [0.25, 0.3) is 6.08 Å². The fourth-order valence-electron chi connectivity index (χ4n) is 4.86. The molecule has 0 radical (unpaired) electrons. The van der Waals surface area contributed by atoms with Gasteiger partial charge in [-0.2, -0.15) is 8.42 Å². The lowest BCUT2D eigenvalue weighted by Gasteiger charge is -2.30. The minimum absolute atomic E-state index is 0.143. The van der Waals surface area contributed by atoms with Gasteiger partial charge in [-0.1, -0.05) is 48.5 Å². The number of likely N-dealkylation sites (N-methyl/N-ethyl adjacent to an activating group) is 1. The van der Waals surface area contributed by atoms with E-state index in [0.29, 0.717) is 5.56 Å². The number of sulfone groups is 1. The van der Waals surface area contributed by atoms with Crippen molar-refractivity contribution in [1.29, 1.82) is 0 Å². The maximum Gasteiger partial charge on any atom is 0.247 e. The van der Waals surface area contributed by atoms with E-state index >= 15 is 0 Å². The number of amides is 1. The third-order valence-electron chi connectivity index (χ3n) is 7.23. The van der Waals surface area contributed by atoms with Crippen molar-refractivity contribution in [3.8, 4) is 0 Å². The molecule has 10 heteroatoms. The molecule has 0 aromatic heterocycles.